The predicted octanol–water partition coefficient (Wildman–Crippen LogP) is 2.14. The predicted molar refractivity (Wildman–Crippen MR) is 67.2 cm³/mol. The number of nitrogens with zero attached hydrogens (tertiary/aromatic N) is 2. The highest BCUT2D eigenvalue weighted by Gasteiger charge is 2.17. The molecular formula is C13H25N3. The molecule has 0 saturated carbocycles. The standard InChI is InChI=1S/C13H25N3/c1-2-10-16-11-6-13(7-12-16)15-9-5-3-4-8-14/h13,15H,2-7,9-12H2,1H3. The number of rotatable bonds is 7. The van der Waals surface area contributed by atoms with E-state index < -0.39 is 0 Å². The second-order valence-electron chi connectivity index (χ2n) is 4.69. The molecule has 1 heterocycles. The minimum Gasteiger partial charge on any atom is -0.314 e. The van der Waals surface area contributed by atoms with Gasteiger partial charge in [-0.05, 0) is 58.3 Å². The maximum atomic E-state index is 8.42. The Morgan fingerprint density at radius 1 is 1.31 bits per heavy atom. The lowest BCUT2D eigenvalue weighted by Gasteiger charge is -2.32. The summed E-state index contributed by atoms with van der Waals surface area (Å²) < 4.78 is 0. The summed E-state index contributed by atoms with van der Waals surface area (Å²) in [5.41, 5.74) is 0. The molecule has 0 unspecified atom stereocenters. The molecule has 0 atom stereocenters. The Morgan fingerprint density at radius 3 is 2.69 bits per heavy atom. The van der Waals surface area contributed by atoms with E-state index in [4.69, 9.17) is 5.26 Å². The van der Waals surface area contributed by atoms with Crippen LogP contribution in [0.3, 0.4) is 0 Å². The largest absolute Gasteiger partial charge is 0.314 e. The third-order valence-corrected chi connectivity index (χ3v) is 3.28. The molecule has 1 rings (SSSR count). The Labute approximate surface area is 99.8 Å². The van der Waals surface area contributed by atoms with Gasteiger partial charge in [-0.2, -0.15) is 5.26 Å². The second kappa shape index (κ2) is 8.55. The van der Waals surface area contributed by atoms with Crippen LogP contribution in [0, 0.1) is 11.3 Å². The van der Waals surface area contributed by atoms with Gasteiger partial charge in [0.2, 0.25) is 0 Å². The highest BCUT2D eigenvalue weighted by atomic mass is 15.1. The number of nitriles is 1. The number of piperidine rings is 1. The van der Waals surface area contributed by atoms with Gasteiger partial charge in [-0.25, -0.2) is 0 Å². The van der Waals surface area contributed by atoms with Gasteiger partial charge in [-0.15, -0.1) is 0 Å². The summed E-state index contributed by atoms with van der Waals surface area (Å²) in [6.45, 7) is 7.10. The zero-order valence-corrected chi connectivity index (χ0v) is 10.5. The molecule has 3 nitrogen and oxygen atoms in total. The van der Waals surface area contributed by atoms with Crippen LogP contribution in [-0.4, -0.2) is 37.1 Å². The zero-order valence-electron chi connectivity index (χ0n) is 10.5. The average Bonchev–Trinajstić information content (AvgIpc) is 2.31. The fraction of sp³-hybridized carbons (Fsp3) is 0.923. The van der Waals surface area contributed by atoms with Crippen molar-refractivity contribution in [3.63, 3.8) is 0 Å². The molecule has 0 amide bonds. The molecule has 0 aliphatic carbocycles. The van der Waals surface area contributed by atoms with Crippen LogP contribution in [0.5, 0.6) is 0 Å². The molecule has 0 aromatic carbocycles. The topological polar surface area (TPSA) is 39.1 Å². The van der Waals surface area contributed by atoms with Crippen molar-refractivity contribution in [2.75, 3.05) is 26.2 Å². The number of nitrogens with one attached hydrogen (secondary N) is 1. The van der Waals surface area contributed by atoms with Gasteiger partial charge in [-0.1, -0.05) is 6.92 Å². The van der Waals surface area contributed by atoms with Crippen molar-refractivity contribution in [2.24, 2.45) is 0 Å². The van der Waals surface area contributed by atoms with Gasteiger partial charge in [0.25, 0.3) is 0 Å². The maximum absolute atomic E-state index is 8.42. The highest BCUT2D eigenvalue weighted by Crippen LogP contribution is 2.10. The van der Waals surface area contributed by atoms with Crippen LogP contribution >= 0.6 is 0 Å². The van der Waals surface area contributed by atoms with E-state index in [1.54, 1.807) is 0 Å². The van der Waals surface area contributed by atoms with E-state index in [1.807, 2.05) is 0 Å². The Hall–Kier alpha value is -0.590. The Balaban J connectivity index is 1.98. The molecule has 1 saturated heterocycles. The van der Waals surface area contributed by atoms with E-state index in [-0.39, 0.29) is 0 Å². The summed E-state index contributed by atoms with van der Waals surface area (Å²) >= 11 is 0. The molecule has 92 valence electrons. The van der Waals surface area contributed by atoms with Crippen LogP contribution in [0.15, 0.2) is 0 Å². The van der Waals surface area contributed by atoms with Crippen molar-refractivity contribution in [3.05, 3.63) is 0 Å². The molecule has 1 N–H and O–H groups in total. The first-order valence-corrected chi connectivity index (χ1v) is 6.69. The number of unbranched alkanes of at least 4 members (excludes halogenated alkanes) is 2. The van der Waals surface area contributed by atoms with Crippen LogP contribution in [-0.2, 0) is 0 Å². The lowest BCUT2D eigenvalue weighted by molar-refractivity contribution is 0.198. The molecule has 1 aliphatic heterocycles. The van der Waals surface area contributed by atoms with Crippen LogP contribution in [0.1, 0.15) is 45.4 Å². The number of likely N-dealkylation sites (tertiary alicyclic amines) is 1. The van der Waals surface area contributed by atoms with Gasteiger partial charge in [-0.3, -0.25) is 0 Å². The summed E-state index contributed by atoms with van der Waals surface area (Å²) in [6, 6.07) is 2.91. The van der Waals surface area contributed by atoms with Crippen molar-refractivity contribution < 1.29 is 0 Å². The van der Waals surface area contributed by atoms with E-state index in [2.05, 4.69) is 23.2 Å². The molecule has 1 fully saturated rings. The van der Waals surface area contributed by atoms with Gasteiger partial charge in [0.05, 0.1) is 6.07 Å². The molecule has 0 radical (unpaired) electrons. The normalized spacial score (nSPS) is 18.5. The third-order valence-electron chi connectivity index (χ3n) is 3.28. The van der Waals surface area contributed by atoms with E-state index >= 15 is 0 Å². The van der Waals surface area contributed by atoms with Crippen LogP contribution in [0.2, 0.25) is 0 Å². The average molecular weight is 223 g/mol. The first kappa shape index (κ1) is 13.5. The van der Waals surface area contributed by atoms with Gasteiger partial charge in [0.1, 0.15) is 0 Å². The lowest BCUT2D eigenvalue weighted by Crippen LogP contribution is -2.42. The fourth-order valence-electron chi connectivity index (χ4n) is 2.31. The quantitative estimate of drug-likeness (QED) is 0.672. The molecule has 0 aromatic rings. The second-order valence-corrected chi connectivity index (χ2v) is 4.69. The zero-order chi connectivity index (χ0) is 11.6. The van der Waals surface area contributed by atoms with Crippen molar-refractivity contribution in [1.29, 1.82) is 5.26 Å². The van der Waals surface area contributed by atoms with Crippen LogP contribution in [0.25, 0.3) is 0 Å². The Bertz CT molecular complexity index is 202. The number of hydrogen-bond acceptors (Lipinski definition) is 3. The first-order chi connectivity index (χ1) is 7.86. The molecule has 0 bridgehead atoms. The number of hydrogen-bond donors (Lipinski definition) is 1. The van der Waals surface area contributed by atoms with E-state index in [1.165, 1.54) is 38.9 Å². The fourth-order valence-corrected chi connectivity index (χ4v) is 2.31. The molecular weight excluding hydrogens is 198 g/mol. The third kappa shape index (κ3) is 5.48. The van der Waals surface area contributed by atoms with Gasteiger partial charge >= 0.3 is 0 Å². The molecule has 16 heavy (non-hydrogen) atoms. The van der Waals surface area contributed by atoms with E-state index in [0.29, 0.717) is 6.42 Å². The van der Waals surface area contributed by atoms with Crippen molar-refractivity contribution >= 4 is 0 Å². The summed E-state index contributed by atoms with van der Waals surface area (Å²) in [6.07, 6.45) is 6.74. The summed E-state index contributed by atoms with van der Waals surface area (Å²) in [5.74, 6) is 0. The molecule has 1 aliphatic rings. The highest BCUT2D eigenvalue weighted by molar-refractivity contribution is 4.77. The van der Waals surface area contributed by atoms with Crippen molar-refractivity contribution in [2.45, 2.75) is 51.5 Å². The van der Waals surface area contributed by atoms with Gasteiger partial charge < -0.3 is 10.2 Å². The first-order valence-electron chi connectivity index (χ1n) is 6.69. The molecule has 3 heteroatoms. The van der Waals surface area contributed by atoms with Crippen LogP contribution in [0.4, 0.5) is 0 Å². The Morgan fingerprint density at radius 2 is 2.06 bits per heavy atom. The van der Waals surface area contributed by atoms with E-state index in [9.17, 15) is 0 Å². The summed E-state index contributed by atoms with van der Waals surface area (Å²) in [4.78, 5) is 2.56. The monoisotopic (exact) mass is 223 g/mol. The smallest absolute Gasteiger partial charge is 0.0621 e. The van der Waals surface area contributed by atoms with Crippen LogP contribution < -0.4 is 5.32 Å². The van der Waals surface area contributed by atoms with Gasteiger partial charge in [0, 0.05) is 12.5 Å². The summed E-state index contributed by atoms with van der Waals surface area (Å²) in [5, 5.41) is 12.0. The molecule has 0 aromatic heterocycles. The van der Waals surface area contributed by atoms with Crippen molar-refractivity contribution in [1.82, 2.24) is 10.2 Å². The van der Waals surface area contributed by atoms with Gasteiger partial charge in [0.15, 0.2) is 0 Å². The Kier molecular flexibility index (Phi) is 7.20. The lowest BCUT2D eigenvalue weighted by atomic mass is 10.0. The summed E-state index contributed by atoms with van der Waals surface area (Å²) in [7, 11) is 0. The van der Waals surface area contributed by atoms with E-state index in [0.717, 1.165) is 25.4 Å². The minimum absolute atomic E-state index is 0.705. The van der Waals surface area contributed by atoms with Crippen molar-refractivity contribution in [3.8, 4) is 6.07 Å². The minimum atomic E-state index is 0.705. The maximum Gasteiger partial charge on any atom is 0.0621 e. The SMILES string of the molecule is CCCN1CCC(NCCCCC#N)CC1. The molecule has 0 spiro atoms.